The molecule has 3 rings (SSSR count). The molecule has 0 saturated heterocycles. The third kappa shape index (κ3) is 6.02. The van der Waals surface area contributed by atoms with Crippen molar-refractivity contribution in [2.75, 3.05) is 5.32 Å². The van der Waals surface area contributed by atoms with Gasteiger partial charge in [0, 0.05) is 16.8 Å². The molecule has 0 aliphatic carbocycles. The number of anilines is 1. The van der Waals surface area contributed by atoms with Crippen LogP contribution in [0.15, 0.2) is 72.8 Å². The monoisotopic (exact) mass is 430 g/mol. The van der Waals surface area contributed by atoms with Gasteiger partial charge in [-0.3, -0.25) is 4.79 Å². The Morgan fingerprint density at radius 3 is 2.16 bits per heavy atom. The Labute approximate surface area is 190 Å². The van der Waals surface area contributed by atoms with E-state index in [0.717, 1.165) is 11.3 Å². The minimum atomic E-state index is -0.00369. The summed E-state index contributed by atoms with van der Waals surface area (Å²) in [6, 6.07) is 23.8. The van der Waals surface area contributed by atoms with E-state index in [-0.39, 0.29) is 17.2 Å². The van der Waals surface area contributed by atoms with E-state index >= 15 is 0 Å². The van der Waals surface area contributed by atoms with Crippen molar-refractivity contribution in [3.8, 4) is 0 Å². The van der Waals surface area contributed by atoms with Crippen LogP contribution < -0.4 is 10.6 Å². The van der Waals surface area contributed by atoms with E-state index in [4.69, 9.17) is 12.2 Å². The van der Waals surface area contributed by atoms with Gasteiger partial charge >= 0.3 is 0 Å². The first-order valence-corrected chi connectivity index (χ1v) is 10.9. The average Bonchev–Trinajstić information content (AvgIpc) is 2.73. The van der Waals surface area contributed by atoms with E-state index < -0.39 is 0 Å². The van der Waals surface area contributed by atoms with Gasteiger partial charge in [-0.2, -0.15) is 0 Å². The molecular weight excluding hydrogens is 400 g/mol. The maximum atomic E-state index is 13.0. The average molecular weight is 431 g/mol. The summed E-state index contributed by atoms with van der Waals surface area (Å²) >= 11 is 5.48. The zero-order valence-corrected chi connectivity index (χ0v) is 19.6. The Morgan fingerprint density at radius 1 is 0.903 bits per heavy atom. The number of carbonyl (C=O) groups is 1. The molecule has 0 unspecified atom stereocenters. The minimum Gasteiger partial charge on any atom is -0.356 e. The van der Waals surface area contributed by atoms with Crippen LogP contribution in [0, 0.1) is 6.92 Å². The number of thiocarbonyl (C=S) groups is 1. The summed E-state index contributed by atoms with van der Waals surface area (Å²) in [5, 5.41) is 7.02. The fourth-order valence-corrected chi connectivity index (χ4v) is 3.62. The summed E-state index contributed by atoms with van der Waals surface area (Å²) in [6.45, 7) is 10.6. The maximum absolute atomic E-state index is 13.0. The first kappa shape index (κ1) is 22.7. The first-order chi connectivity index (χ1) is 14.6. The smallest absolute Gasteiger partial charge is 0.193 e. The highest BCUT2D eigenvalue weighted by molar-refractivity contribution is 7.80. The molecule has 3 aromatic carbocycles. The van der Waals surface area contributed by atoms with Crippen molar-refractivity contribution >= 4 is 28.8 Å². The molecule has 0 aliphatic heterocycles. The minimum absolute atomic E-state index is 0.00369. The van der Waals surface area contributed by atoms with E-state index in [1.165, 1.54) is 11.1 Å². The Balaban J connectivity index is 1.67. The number of carbonyl (C=O) groups excluding carboxylic acids is 1. The van der Waals surface area contributed by atoms with Gasteiger partial charge in [0.15, 0.2) is 10.9 Å². The van der Waals surface area contributed by atoms with Gasteiger partial charge in [-0.05, 0) is 54.7 Å². The molecule has 0 bridgehead atoms. The first-order valence-electron chi connectivity index (χ1n) is 10.5. The second-order valence-electron chi connectivity index (χ2n) is 8.97. The largest absolute Gasteiger partial charge is 0.356 e. The van der Waals surface area contributed by atoms with Gasteiger partial charge < -0.3 is 10.6 Å². The Hall–Kier alpha value is -2.98. The topological polar surface area (TPSA) is 41.1 Å². The summed E-state index contributed by atoms with van der Waals surface area (Å²) in [7, 11) is 0. The van der Waals surface area contributed by atoms with Gasteiger partial charge in [-0.25, -0.2) is 0 Å². The molecule has 3 nitrogen and oxygen atoms in total. The molecule has 0 radical (unpaired) electrons. The van der Waals surface area contributed by atoms with Gasteiger partial charge in [-0.1, -0.05) is 87.0 Å². The summed E-state index contributed by atoms with van der Waals surface area (Å²) in [4.78, 5) is 13.0. The molecule has 0 saturated carbocycles. The van der Waals surface area contributed by atoms with Crippen molar-refractivity contribution in [3.63, 3.8) is 0 Å². The van der Waals surface area contributed by atoms with Gasteiger partial charge in [0.05, 0.1) is 6.04 Å². The molecule has 160 valence electrons. The molecule has 0 fully saturated rings. The normalized spacial score (nSPS) is 12.2. The van der Waals surface area contributed by atoms with Crippen molar-refractivity contribution in [3.05, 3.63) is 101 Å². The van der Waals surface area contributed by atoms with Crippen LogP contribution in [-0.2, 0) is 5.41 Å². The van der Waals surface area contributed by atoms with Crippen LogP contribution in [0.2, 0.25) is 0 Å². The lowest BCUT2D eigenvalue weighted by molar-refractivity contribution is 0.103. The van der Waals surface area contributed by atoms with Crippen molar-refractivity contribution in [2.24, 2.45) is 0 Å². The molecule has 31 heavy (non-hydrogen) atoms. The van der Waals surface area contributed by atoms with Gasteiger partial charge in [0.2, 0.25) is 0 Å². The molecule has 0 heterocycles. The second-order valence-corrected chi connectivity index (χ2v) is 9.38. The van der Waals surface area contributed by atoms with Crippen LogP contribution in [0.1, 0.15) is 66.3 Å². The van der Waals surface area contributed by atoms with Crippen molar-refractivity contribution in [1.29, 1.82) is 0 Å². The van der Waals surface area contributed by atoms with Crippen LogP contribution in [0.3, 0.4) is 0 Å². The van der Waals surface area contributed by atoms with Crippen molar-refractivity contribution in [1.82, 2.24) is 5.32 Å². The number of hydrogen-bond donors (Lipinski definition) is 2. The fraction of sp³-hybridized carbons (Fsp3) is 0.259. The lowest BCUT2D eigenvalue weighted by Crippen LogP contribution is -2.30. The van der Waals surface area contributed by atoms with Gasteiger partial charge in [0.25, 0.3) is 0 Å². The number of ketones is 1. The van der Waals surface area contributed by atoms with Gasteiger partial charge in [0.1, 0.15) is 0 Å². The van der Waals surface area contributed by atoms with E-state index in [9.17, 15) is 4.79 Å². The summed E-state index contributed by atoms with van der Waals surface area (Å²) in [5.41, 5.74) is 5.75. The van der Waals surface area contributed by atoms with E-state index in [1.807, 2.05) is 48.5 Å². The second kappa shape index (κ2) is 9.44. The predicted octanol–water partition coefficient (Wildman–Crippen LogP) is 6.57. The number of benzene rings is 3. The van der Waals surface area contributed by atoms with Crippen LogP contribution in [0.4, 0.5) is 5.69 Å². The summed E-state index contributed by atoms with van der Waals surface area (Å²) in [5.74, 6) is -0.00369. The van der Waals surface area contributed by atoms with Crippen LogP contribution in [-0.4, -0.2) is 10.9 Å². The van der Waals surface area contributed by atoms with E-state index in [0.29, 0.717) is 16.2 Å². The number of nitrogens with one attached hydrogen (secondary N) is 2. The maximum Gasteiger partial charge on any atom is 0.193 e. The SMILES string of the molecule is Cc1ccc([C@@H](C)NC(=S)Nc2cccc(C(=O)c3ccc(C(C)(C)C)cc3)c2)cc1. The molecule has 4 heteroatoms. The number of rotatable bonds is 5. The quantitative estimate of drug-likeness (QED) is 0.355. The zero-order valence-electron chi connectivity index (χ0n) is 18.8. The highest BCUT2D eigenvalue weighted by Gasteiger charge is 2.15. The Morgan fingerprint density at radius 2 is 1.55 bits per heavy atom. The molecule has 1 atom stereocenters. The summed E-state index contributed by atoms with van der Waals surface area (Å²) < 4.78 is 0. The van der Waals surface area contributed by atoms with E-state index in [2.05, 4.69) is 69.5 Å². The van der Waals surface area contributed by atoms with Crippen molar-refractivity contribution in [2.45, 2.75) is 46.1 Å². The van der Waals surface area contributed by atoms with Gasteiger partial charge in [-0.15, -0.1) is 0 Å². The highest BCUT2D eigenvalue weighted by atomic mass is 32.1. The summed E-state index contributed by atoms with van der Waals surface area (Å²) in [6.07, 6.45) is 0. The lowest BCUT2D eigenvalue weighted by Gasteiger charge is -2.19. The molecule has 0 amide bonds. The molecule has 3 aromatic rings. The number of hydrogen-bond acceptors (Lipinski definition) is 2. The van der Waals surface area contributed by atoms with Crippen molar-refractivity contribution < 1.29 is 4.79 Å². The molecule has 0 spiro atoms. The predicted molar refractivity (Wildman–Crippen MR) is 134 cm³/mol. The van der Waals surface area contributed by atoms with Crippen LogP contribution in [0.25, 0.3) is 0 Å². The third-order valence-electron chi connectivity index (χ3n) is 5.32. The molecule has 0 aromatic heterocycles. The molecular formula is C27H30N2OS. The van der Waals surface area contributed by atoms with Crippen LogP contribution in [0.5, 0.6) is 0 Å². The lowest BCUT2D eigenvalue weighted by atomic mass is 9.86. The van der Waals surface area contributed by atoms with E-state index in [1.54, 1.807) is 0 Å². The standard InChI is InChI=1S/C27H30N2OS/c1-18-9-11-20(12-10-18)19(2)28-26(31)29-24-8-6-7-22(17-24)25(30)21-13-15-23(16-14-21)27(3,4)5/h6-17,19H,1-5H3,(H2,28,29,31)/t19-/m1/s1. The Kier molecular flexibility index (Phi) is 6.91. The molecule has 2 N–H and O–H groups in total. The third-order valence-corrected chi connectivity index (χ3v) is 5.54. The Bertz CT molecular complexity index is 1060. The number of aryl methyl sites for hydroxylation is 1. The molecule has 0 aliphatic rings. The highest BCUT2D eigenvalue weighted by Crippen LogP contribution is 2.23. The fourth-order valence-electron chi connectivity index (χ4n) is 3.33. The zero-order chi connectivity index (χ0) is 22.6. The van der Waals surface area contributed by atoms with Crippen LogP contribution >= 0.6 is 12.2 Å².